The molecule has 5 heteroatoms. The summed E-state index contributed by atoms with van der Waals surface area (Å²) in [5.41, 5.74) is 2.24. The van der Waals surface area contributed by atoms with Crippen LogP contribution in [0, 0.1) is 0 Å². The largest absolute Gasteiger partial charge is 0.507 e. The average molecular weight is 360 g/mol. The molecule has 0 atom stereocenters. The smallest absolute Gasteiger partial charge is 0.261 e. The zero-order valence-electron chi connectivity index (χ0n) is 14.9. The summed E-state index contributed by atoms with van der Waals surface area (Å²) in [6, 6.07) is 22.8. The number of phenolic OH excluding ortho intramolecular Hbond substituents is 1. The van der Waals surface area contributed by atoms with E-state index in [0.717, 1.165) is 5.56 Å². The predicted molar refractivity (Wildman–Crippen MR) is 105 cm³/mol. The van der Waals surface area contributed by atoms with Crippen LogP contribution in [0.4, 0.5) is 5.69 Å². The number of benzene rings is 3. The minimum Gasteiger partial charge on any atom is -0.507 e. The van der Waals surface area contributed by atoms with Crippen molar-refractivity contribution in [2.45, 2.75) is 6.54 Å². The molecule has 3 aromatic rings. The Bertz CT molecular complexity index is 955. The monoisotopic (exact) mass is 360 g/mol. The molecule has 0 aliphatic rings. The lowest BCUT2D eigenvalue weighted by atomic mass is 10.1. The lowest BCUT2D eigenvalue weighted by Crippen LogP contribution is -2.27. The molecule has 0 heterocycles. The number of carbonyl (C=O) groups excluding carboxylic acids is 2. The first kappa shape index (κ1) is 18.2. The van der Waals surface area contributed by atoms with Crippen molar-refractivity contribution in [3.05, 3.63) is 95.6 Å². The predicted octanol–water partition coefficient (Wildman–Crippen LogP) is 3.60. The lowest BCUT2D eigenvalue weighted by Gasteiger charge is -2.18. The Morgan fingerprint density at radius 2 is 1.63 bits per heavy atom. The van der Waals surface area contributed by atoms with Gasteiger partial charge in [0, 0.05) is 24.8 Å². The van der Waals surface area contributed by atoms with Gasteiger partial charge in [0.25, 0.3) is 11.8 Å². The number of hydrogen-bond acceptors (Lipinski definition) is 3. The Labute approximate surface area is 157 Å². The van der Waals surface area contributed by atoms with Crippen LogP contribution in [0.25, 0.3) is 0 Å². The Hall–Kier alpha value is -3.60. The van der Waals surface area contributed by atoms with E-state index in [4.69, 9.17) is 0 Å². The second-order valence-electron chi connectivity index (χ2n) is 6.10. The van der Waals surface area contributed by atoms with Crippen LogP contribution in [0.5, 0.6) is 5.75 Å². The van der Waals surface area contributed by atoms with Gasteiger partial charge in [0.05, 0.1) is 5.56 Å². The number of phenols is 1. The SMILES string of the molecule is CN(C(=O)c1ccccc1O)c1cccc(C(=O)NCc2ccccc2)c1. The molecule has 5 nitrogen and oxygen atoms in total. The molecule has 3 aromatic carbocycles. The Morgan fingerprint density at radius 3 is 2.37 bits per heavy atom. The van der Waals surface area contributed by atoms with Crippen LogP contribution in [0.2, 0.25) is 0 Å². The van der Waals surface area contributed by atoms with E-state index in [1.165, 1.54) is 11.0 Å². The summed E-state index contributed by atoms with van der Waals surface area (Å²) < 4.78 is 0. The fourth-order valence-electron chi connectivity index (χ4n) is 2.69. The fraction of sp³-hybridized carbons (Fsp3) is 0.0909. The van der Waals surface area contributed by atoms with Gasteiger partial charge in [0.15, 0.2) is 0 Å². The maximum atomic E-state index is 12.6. The van der Waals surface area contributed by atoms with Crippen molar-refractivity contribution in [1.82, 2.24) is 5.32 Å². The van der Waals surface area contributed by atoms with Gasteiger partial charge in [-0.1, -0.05) is 48.5 Å². The van der Waals surface area contributed by atoms with Gasteiger partial charge in [-0.3, -0.25) is 9.59 Å². The van der Waals surface area contributed by atoms with E-state index in [1.807, 2.05) is 30.3 Å². The van der Waals surface area contributed by atoms with Gasteiger partial charge in [0.2, 0.25) is 0 Å². The highest BCUT2D eigenvalue weighted by molar-refractivity contribution is 6.08. The quantitative estimate of drug-likeness (QED) is 0.730. The van der Waals surface area contributed by atoms with Crippen molar-refractivity contribution in [1.29, 1.82) is 0 Å². The second kappa shape index (κ2) is 8.19. The Morgan fingerprint density at radius 1 is 0.926 bits per heavy atom. The van der Waals surface area contributed by atoms with Crippen molar-refractivity contribution in [3.63, 3.8) is 0 Å². The number of nitrogens with zero attached hydrogens (tertiary/aromatic N) is 1. The molecule has 27 heavy (non-hydrogen) atoms. The van der Waals surface area contributed by atoms with Crippen LogP contribution >= 0.6 is 0 Å². The number of aromatic hydroxyl groups is 1. The van der Waals surface area contributed by atoms with Gasteiger partial charge in [-0.2, -0.15) is 0 Å². The number of hydrogen-bond donors (Lipinski definition) is 2. The number of nitrogens with one attached hydrogen (secondary N) is 1. The van der Waals surface area contributed by atoms with E-state index < -0.39 is 0 Å². The van der Waals surface area contributed by atoms with Crippen LogP contribution in [0.3, 0.4) is 0 Å². The first-order chi connectivity index (χ1) is 13.1. The molecule has 136 valence electrons. The summed E-state index contributed by atoms with van der Waals surface area (Å²) in [4.78, 5) is 26.5. The molecule has 0 saturated heterocycles. The van der Waals surface area contributed by atoms with Crippen molar-refractivity contribution >= 4 is 17.5 Å². The summed E-state index contributed by atoms with van der Waals surface area (Å²) in [6.45, 7) is 0.427. The maximum Gasteiger partial charge on any atom is 0.261 e. The molecule has 0 aliphatic carbocycles. The van der Waals surface area contributed by atoms with E-state index in [1.54, 1.807) is 49.5 Å². The molecular weight excluding hydrogens is 340 g/mol. The van der Waals surface area contributed by atoms with Crippen LogP contribution in [0.15, 0.2) is 78.9 Å². The van der Waals surface area contributed by atoms with E-state index >= 15 is 0 Å². The minimum atomic E-state index is -0.352. The summed E-state index contributed by atoms with van der Waals surface area (Å²) in [7, 11) is 1.61. The summed E-state index contributed by atoms with van der Waals surface area (Å²) in [5.74, 6) is -0.648. The minimum absolute atomic E-state index is 0.0777. The number of amides is 2. The number of rotatable bonds is 5. The molecule has 0 aromatic heterocycles. The van der Waals surface area contributed by atoms with Gasteiger partial charge in [-0.05, 0) is 35.9 Å². The number of anilines is 1. The van der Waals surface area contributed by atoms with Gasteiger partial charge in [-0.15, -0.1) is 0 Å². The Balaban J connectivity index is 1.73. The number of para-hydroxylation sites is 1. The van der Waals surface area contributed by atoms with E-state index in [-0.39, 0.29) is 23.1 Å². The summed E-state index contributed by atoms with van der Waals surface area (Å²) in [5, 5.41) is 12.8. The molecule has 0 aliphatic heterocycles. The van der Waals surface area contributed by atoms with E-state index in [0.29, 0.717) is 17.8 Å². The maximum absolute atomic E-state index is 12.6. The van der Waals surface area contributed by atoms with Crippen LogP contribution in [-0.4, -0.2) is 24.0 Å². The van der Waals surface area contributed by atoms with Gasteiger partial charge < -0.3 is 15.3 Å². The van der Waals surface area contributed by atoms with Crippen LogP contribution < -0.4 is 10.2 Å². The van der Waals surface area contributed by atoms with Crippen molar-refractivity contribution in [3.8, 4) is 5.75 Å². The van der Waals surface area contributed by atoms with E-state index in [9.17, 15) is 14.7 Å². The molecule has 2 N–H and O–H groups in total. The molecule has 2 amide bonds. The molecule has 3 rings (SSSR count). The highest BCUT2D eigenvalue weighted by Crippen LogP contribution is 2.22. The second-order valence-corrected chi connectivity index (χ2v) is 6.10. The van der Waals surface area contributed by atoms with Crippen molar-refractivity contribution in [2.24, 2.45) is 0 Å². The van der Waals surface area contributed by atoms with Crippen LogP contribution in [0.1, 0.15) is 26.3 Å². The third kappa shape index (κ3) is 4.33. The zero-order valence-corrected chi connectivity index (χ0v) is 14.9. The van der Waals surface area contributed by atoms with Crippen LogP contribution in [-0.2, 0) is 6.54 Å². The zero-order chi connectivity index (χ0) is 19.2. The molecule has 0 radical (unpaired) electrons. The summed E-state index contributed by atoms with van der Waals surface area (Å²) >= 11 is 0. The number of carbonyl (C=O) groups is 2. The standard InChI is InChI=1S/C22H20N2O3/c1-24(22(27)19-12-5-6-13-20(19)25)18-11-7-10-17(14-18)21(26)23-15-16-8-3-2-4-9-16/h2-14,25H,15H2,1H3,(H,23,26). The molecule has 0 saturated carbocycles. The first-order valence-corrected chi connectivity index (χ1v) is 8.54. The topological polar surface area (TPSA) is 69.6 Å². The normalized spacial score (nSPS) is 10.3. The molecule has 0 unspecified atom stereocenters. The third-order valence-corrected chi connectivity index (χ3v) is 4.23. The summed E-state index contributed by atoms with van der Waals surface area (Å²) in [6.07, 6.45) is 0. The molecule has 0 bridgehead atoms. The van der Waals surface area contributed by atoms with Gasteiger partial charge >= 0.3 is 0 Å². The lowest BCUT2D eigenvalue weighted by molar-refractivity contribution is 0.0948. The van der Waals surface area contributed by atoms with Gasteiger partial charge in [-0.25, -0.2) is 0 Å². The van der Waals surface area contributed by atoms with E-state index in [2.05, 4.69) is 5.32 Å². The average Bonchev–Trinajstić information content (AvgIpc) is 2.72. The Kier molecular flexibility index (Phi) is 5.52. The molecule has 0 fully saturated rings. The molecule has 0 spiro atoms. The highest BCUT2D eigenvalue weighted by Gasteiger charge is 2.17. The van der Waals surface area contributed by atoms with Crippen molar-refractivity contribution in [2.75, 3.05) is 11.9 Å². The molecular formula is C22H20N2O3. The van der Waals surface area contributed by atoms with Crippen molar-refractivity contribution < 1.29 is 14.7 Å². The highest BCUT2D eigenvalue weighted by atomic mass is 16.3. The third-order valence-electron chi connectivity index (χ3n) is 4.23. The first-order valence-electron chi connectivity index (χ1n) is 8.54. The van der Waals surface area contributed by atoms with Gasteiger partial charge in [0.1, 0.15) is 5.75 Å². The fourth-order valence-corrected chi connectivity index (χ4v) is 2.69.